The van der Waals surface area contributed by atoms with Crippen molar-refractivity contribution >= 4 is 5.91 Å². The van der Waals surface area contributed by atoms with Crippen LogP contribution in [0.2, 0.25) is 0 Å². The Kier molecular flexibility index (Phi) is 6.51. The Morgan fingerprint density at radius 3 is 2.52 bits per heavy atom. The molecule has 1 amide bonds. The summed E-state index contributed by atoms with van der Waals surface area (Å²) in [5.74, 6) is 0.364. The van der Waals surface area contributed by atoms with Crippen LogP contribution in [0.1, 0.15) is 6.92 Å². The van der Waals surface area contributed by atoms with Crippen molar-refractivity contribution in [2.45, 2.75) is 20.0 Å². The third-order valence-corrected chi connectivity index (χ3v) is 4.05. The summed E-state index contributed by atoms with van der Waals surface area (Å²) in [4.78, 5) is 35.8. The number of hydrogen-bond donors (Lipinski definition) is 1. The summed E-state index contributed by atoms with van der Waals surface area (Å²) in [5, 5.41) is 10.8. The normalized spacial score (nSPS) is 10.5. The smallest absolute Gasteiger partial charge is 0.267 e. The molecule has 0 bridgehead atoms. The van der Waals surface area contributed by atoms with Crippen molar-refractivity contribution in [3.05, 3.63) is 75.4 Å². The highest BCUT2D eigenvalue weighted by Gasteiger charge is 2.08. The zero-order valence-corrected chi connectivity index (χ0v) is 15.9. The lowest BCUT2D eigenvalue weighted by molar-refractivity contribution is -0.121. The Morgan fingerprint density at radius 1 is 1.03 bits per heavy atom. The number of amides is 1. The fraction of sp³-hybridized carbons (Fsp3) is 0.250. The number of carbonyl (C=O) groups excluding carboxylic acids is 1. The highest BCUT2D eigenvalue weighted by Crippen LogP contribution is 2.19. The van der Waals surface area contributed by atoms with Crippen molar-refractivity contribution in [2.24, 2.45) is 0 Å². The monoisotopic (exact) mass is 395 g/mol. The van der Waals surface area contributed by atoms with Gasteiger partial charge in [0.15, 0.2) is 0 Å². The zero-order chi connectivity index (χ0) is 20.6. The predicted octanol–water partition coefficient (Wildman–Crippen LogP) is 0.682. The Balaban J connectivity index is 1.63. The lowest BCUT2D eigenvalue weighted by Gasteiger charge is -2.09. The molecular formula is C20H21N5O4. The second-order valence-electron chi connectivity index (χ2n) is 6.11. The molecule has 2 aromatic heterocycles. The molecule has 2 heterocycles. The minimum atomic E-state index is -0.382. The summed E-state index contributed by atoms with van der Waals surface area (Å²) in [6, 6.07) is 13.3. The van der Waals surface area contributed by atoms with E-state index in [1.54, 1.807) is 12.1 Å². The van der Waals surface area contributed by atoms with Gasteiger partial charge in [0.25, 0.3) is 11.1 Å². The minimum Gasteiger partial charge on any atom is -0.494 e. The fourth-order valence-electron chi connectivity index (χ4n) is 2.65. The molecule has 0 atom stereocenters. The average Bonchev–Trinajstić information content (AvgIpc) is 2.72. The molecule has 9 heteroatoms. The van der Waals surface area contributed by atoms with Gasteiger partial charge in [-0.2, -0.15) is 10.2 Å². The van der Waals surface area contributed by atoms with E-state index in [0.29, 0.717) is 12.3 Å². The summed E-state index contributed by atoms with van der Waals surface area (Å²) in [6.45, 7) is 2.71. The fourth-order valence-corrected chi connectivity index (χ4v) is 2.65. The van der Waals surface area contributed by atoms with Crippen molar-refractivity contribution in [1.29, 1.82) is 0 Å². The second-order valence-corrected chi connectivity index (χ2v) is 6.11. The molecule has 150 valence electrons. The van der Waals surface area contributed by atoms with E-state index in [0.717, 1.165) is 16.0 Å². The minimum absolute atomic E-state index is 0.211. The van der Waals surface area contributed by atoms with Gasteiger partial charge in [0.05, 0.1) is 18.8 Å². The van der Waals surface area contributed by atoms with Gasteiger partial charge in [-0.25, -0.2) is 9.36 Å². The number of benzene rings is 1. The zero-order valence-electron chi connectivity index (χ0n) is 15.9. The highest BCUT2D eigenvalue weighted by molar-refractivity contribution is 5.75. The first kappa shape index (κ1) is 20.0. The van der Waals surface area contributed by atoms with Gasteiger partial charge in [0.1, 0.15) is 12.3 Å². The first-order valence-corrected chi connectivity index (χ1v) is 9.17. The molecule has 0 aliphatic rings. The number of carbonyl (C=O) groups is 1. The van der Waals surface area contributed by atoms with Crippen molar-refractivity contribution in [3.8, 4) is 17.0 Å². The SMILES string of the molecule is CCOc1ccc(-c2ccc(=O)n(CC(=O)NCCn3ncccc3=O)n2)cc1. The van der Waals surface area contributed by atoms with Gasteiger partial charge < -0.3 is 10.1 Å². The quantitative estimate of drug-likeness (QED) is 0.601. The van der Waals surface area contributed by atoms with E-state index in [1.807, 2.05) is 31.2 Å². The summed E-state index contributed by atoms with van der Waals surface area (Å²) < 4.78 is 7.77. The van der Waals surface area contributed by atoms with Crippen molar-refractivity contribution in [1.82, 2.24) is 24.9 Å². The first-order chi connectivity index (χ1) is 14.1. The van der Waals surface area contributed by atoms with Crippen molar-refractivity contribution in [2.75, 3.05) is 13.2 Å². The van der Waals surface area contributed by atoms with Crippen LogP contribution in [-0.2, 0) is 17.9 Å². The van der Waals surface area contributed by atoms with Gasteiger partial charge in [0.2, 0.25) is 5.91 Å². The largest absolute Gasteiger partial charge is 0.494 e. The summed E-state index contributed by atoms with van der Waals surface area (Å²) in [5.41, 5.74) is 0.746. The van der Waals surface area contributed by atoms with Crippen LogP contribution < -0.4 is 21.2 Å². The molecule has 3 rings (SSSR count). The topological polar surface area (TPSA) is 108 Å². The van der Waals surface area contributed by atoms with E-state index in [1.165, 1.54) is 23.0 Å². The van der Waals surface area contributed by atoms with E-state index in [4.69, 9.17) is 4.74 Å². The average molecular weight is 395 g/mol. The third-order valence-electron chi connectivity index (χ3n) is 4.05. The molecular weight excluding hydrogens is 374 g/mol. The van der Waals surface area contributed by atoms with Crippen LogP contribution in [-0.4, -0.2) is 38.6 Å². The molecule has 0 aliphatic carbocycles. The lowest BCUT2D eigenvalue weighted by Crippen LogP contribution is -2.36. The van der Waals surface area contributed by atoms with E-state index >= 15 is 0 Å². The molecule has 1 aromatic carbocycles. The molecule has 0 fully saturated rings. The van der Waals surface area contributed by atoms with Crippen molar-refractivity contribution < 1.29 is 9.53 Å². The standard InChI is InChI=1S/C20H21N5O4/c1-2-29-16-7-5-15(6-8-16)17-9-10-20(28)25(23-17)14-18(26)21-12-13-24-19(27)4-3-11-22-24/h3-11H,2,12-14H2,1H3,(H,21,26). The Labute approximate surface area is 166 Å². The van der Waals surface area contributed by atoms with Gasteiger partial charge in [0, 0.05) is 30.4 Å². The van der Waals surface area contributed by atoms with Gasteiger partial charge >= 0.3 is 0 Å². The van der Waals surface area contributed by atoms with Crippen molar-refractivity contribution in [3.63, 3.8) is 0 Å². The van der Waals surface area contributed by atoms with E-state index in [9.17, 15) is 14.4 Å². The van der Waals surface area contributed by atoms with Crippen LogP contribution in [0, 0.1) is 0 Å². The maximum absolute atomic E-state index is 12.2. The van der Waals surface area contributed by atoms with E-state index in [2.05, 4.69) is 15.5 Å². The third kappa shape index (κ3) is 5.38. The molecule has 0 aliphatic heterocycles. The van der Waals surface area contributed by atoms with Crippen LogP contribution in [0.3, 0.4) is 0 Å². The van der Waals surface area contributed by atoms with Crippen LogP contribution in [0.5, 0.6) is 5.75 Å². The summed E-state index contributed by atoms with van der Waals surface area (Å²) >= 11 is 0. The van der Waals surface area contributed by atoms with Gasteiger partial charge in [-0.3, -0.25) is 14.4 Å². The van der Waals surface area contributed by atoms with Crippen LogP contribution in [0.4, 0.5) is 0 Å². The molecule has 0 saturated carbocycles. The second kappa shape index (κ2) is 9.45. The number of hydrogen-bond acceptors (Lipinski definition) is 6. The molecule has 0 spiro atoms. The van der Waals surface area contributed by atoms with Crippen LogP contribution >= 0.6 is 0 Å². The van der Waals surface area contributed by atoms with Crippen LogP contribution in [0.25, 0.3) is 11.3 Å². The number of aromatic nitrogens is 4. The Hall–Kier alpha value is -3.75. The number of rotatable bonds is 8. The molecule has 3 aromatic rings. The molecule has 0 radical (unpaired) electrons. The van der Waals surface area contributed by atoms with Gasteiger partial charge in [-0.05, 0) is 43.3 Å². The maximum atomic E-state index is 12.2. The summed E-state index contributed by atoms with van der Waals surface area (Å²) in [6.07, 6.45) is 1.50. The molecule has 9 nitrogen and oxygen atoms in total. The Bertz CT molecular complexity index is 1090. The Morgan fingerprint density at radius 2 is 1.79 bits per heavy atom. The molecule has 0 unspecified atom stereocenters. The van der Waals surface area contributed by atoms with Crippen LogP contribution in [0.15, 0.2) is 64.3 Å². The molecule has 29 heavy (non-hydrogen) atoms. The van der Waals surface area contributed by atoms with Gasteiger partial charge in [-0.15, -0.1) is 0 Å². The molecule has 0 saturated heterocycles. The predicted molar refractivity (Wildman–Crippen MR) is 107 cm³/mol. The lowest BCUT2D eigenvalue weighted by atomic mass is 10.1. The molecule has 1 N–H and O–H groups in total. The number of nitrogens with zero attached hydrogens (tertiary/aromatic N) is 4. The maximum Gasteiger partial charge on any atom is 0.267 e. The summed E-state index contributed by atoms with van der Waals surface area (Å²) in [7, 11) is 0. The number of ether oxygens (including phenoxy) is 1. The number of nitrogens with one attached hydrogen (secondary N) is 1. The highest BCUT2D eigenvalue weighted by atomic mass is 16.5. The van der Waals surface area contributed by atoms with E-state index < -0.39 is 0 Å². The first-order valence-electron chi connectivity index (χ1n) is 9.17. The van der Waals surface area contributed by atoms with E-state index in [-0.39, 0.29) is 36.7 Å². The van der Waals surface area contributed by atoms with Gasteiger partial charge in [-0.1, -0.05) is 0 Å².